The molecule has 2 aromatic heterocycles. The van der Waals surface area contributed by atoms with Crippen LogP contribution >= 0.6 is 0 Å². The molecular formula is C49H38N2. The minimum Gasteiger partial charge on any atom is -0.313 e. The van der Waals surface area contributed by atoms with Crippen molar-refractivity contribution >= 4 is 38.3 Å². The normalized spacial score (nSPS) is 18.4. The lowest BCUT2D eigenvalue weighted by atomic mass is 9.71. The van der Waals surface area contributed by atoms with Crippen LogP contribution in [0, 0.1) is 5.92 Å². The molecule has 0 spiro atoms. The van der Waals surface area contributed by atoms with Gasteiger partial charge < -0.3 is 9.13 Å². The summed E-state index contributed by atoms with van der Waals surface area (Å²) < 4.78 is 4.94. The summed E-state index contributed by atoms with van der Waals surface area (Å²) in [5.74, 6) is 0.780. The summed E-state index contributed by atoms with van der Waals surface area (Å²) in [7, 11) is 0. The molecular weight excluding hydrogens is 617 g/mol. The Morgan fingerprint density at radius 2 is 1.06 bits per heavy atom. The van der Waals surface area contributed by atoms with Gasteiger partial charge in [-0.15, -0.1) is 0 Å². The molecule has 51 heavy (non-hydrogen) atoms. The van der Waals surface area contributed by atoms with E-state index in [4.69, 9.17) is 0 Å². The van der Waals surface area contributed by atoms with Crippen molar-refractivity contribution in [2.75, 3.05) is 0 Å². The van der Waals surface area contributed by atoms with Crippen LogP contribution in [0.25, 0.3) is 60.8 Å². The second kappa shape index (κ2) is 12.0. The van der Waals surface area contributed by atoms with E-state index in [2.05, 4.69) is 198 Å². The quantitative estimate of drug-likeness (QED) is 0.175. The summed E-state index contributed by atoms with van der Waals surface area (Å²) in [6, 6.07) is 55.5. The lowest BCUT2D eigenvalue weighted by Gasteiger charge is -2.32. The third-order valence-electron chi connectivity index (χ3n) is 11.2. The van der Waals surface area contributed by atoms with Crippen LogP contribution in [0.5, 0.6) is 0 Å². The van der Waals surface area contributed by atoms with Gasteiger partial charge in [0.1, 0.15) is 0 Å². The average molecular weight is 655 g/mol. The van der Waals surface area contributed by atoms with Gasteiger partial charge in [-0.2, -0.15) is 0 Å². The molecule has 6 aromatic carbocycles. The van der Waals surface area contributed by atoms with Crippen LogP contribution in [0.3, 0.4) is 0 Å². The van der Waals surface area contributed by atoms with Crippen molar-refractivity contribution in [2.45, 2.75) is 25.2 Å². The Hall–Kier alpha value is -6.12. The molecule has 0 amide bonds. The fourth-order valence-corrected chi connectivity index (χ4v) is 9.04. The minimum absolute atomic E-state index is 0.176. The van der Waals surface area contributed by atoms with E-state index >= 15 is 0 Å². The molecule has 2 aliphatic carbocycles. The second-order valence-corrected chi connectivity index (χ2v) is 14.0. The Kier molecular flexibility index (Phi) is 7.02. The third-order valence-corrected chi connectivity index (χ3v) is 11.2. The zero-order chi connectivity index (χ0) is 33.9. The first kappa shape index (κ1) is 29.8. The number of rotatable bonds is 5. The van der Waals surface area contributed by atoms with Crippen molar-refractivity contribution < 1.29 is 0 Å². The van der Waals surface area contributed by atoms with Gasteiger partial charge in [0.15, 0.2) is 0 Å². The van der Waals surface area contributed by atoms with Gasteiger partial charge in [-0.3, -0.25) is 0 Å². The van der Waals surface area contributed by atoms with Crippen molar-refractivity contribution in [3.63, 3.8) is 0 Å². The topological polar surface area (TPSA) is 9.86 Å². The van der Waals surface area contributed by atoms with Crippen molar-refractivity contribution in [3.05, 3.63) is 199 Å². The van der Waals surface area contributed by atoms with Crippen LogP contribution in [-0.4, -0.2) is 9.13 Å². The average Bonchev–Trinajstić information content (AvgIpc) is 3.73. The van der Waals surface area contributed by atoms with Crippen LogP contribution < -0.4 is 0 Å². The Morgan fingerprint density at radius 3 is 1.82 bits per heavy atom. The maximum atomic E-state index is 2.55. The predicted octanol–water partition coefficient (Wildman–Crippen LogP) is 12.8. The first-order chi connectivity index (χ1) is 25.3. The van der Waals surface area contributed by atoms with Gasteiger partial charge in [-0.25, -0.2) is 0 Å². The largest absolute Gasteiger partial charge is 0.313 e. The molecule has 0 saturated carbocycles. The molecule has 10 rings (SSSR count). The molecule has 0 aliphatic heterocycles. The fraction of sp³-hybridized carbons (Fsp3) is 0.102. The summed E-state index contributed by atoms with van der Waals surface area (Å²) in [6.07, 6.45) is 13.0. The first-order valence-corrected chi connectivity index (χ1v) is 18.2. The van der Waals surface area contributed by atoms with E-state index in [9.17, 15) is 0 Å². The molecule has 0 N–H and O–H groups in total. The van der Waals surface area contributed by atoms with E-state index < -0.39 is 0 Å². The molecule has 8 aromatic rings. The predicted molar refractivity (Wildman–Crippen MR) is 215 cm³/mol. The van der Waals surface area contributed by atoms with Gasteiger partial charge in [-0.05, 0) is 71.1 Å². The number of para-hydroxylation sites is 4. The van der Waals surface area contributed by atoms with Crippen LogP contribution in [0.1, 0.15) is 42.0 Å². The SMILES string of the molecule is C[C@@H]1CC=C(C2C=CC=CC2c2ccccc2-c2cccc3c2c2ccccc2n3-c2ccccc2)c2c1n(-c1ccccc1)c1ccccc21. The number of aromatic nitrogens is 2. The number of fused-ring (bicyclic) bond motifs is 6. The van der Waals surface area contributed by atoms with E-state index in [1.54, 1.807) is 0 Å². The Balaban J connectivity index is 1.17. The lowest BCUT2D eigenvalue weighted by molar-refractivity contribution is 0.678. The van der Waals surface area contributed by atoms with Crippen molar-refractivity contribution in [1.82, 2.24) is 9.13 Å². The van der Waals surface area contributed by atoms with E-state index in [0.29, 0.717) is 5.92 Å². The molecule has 2 unspecified atom stereocenters. The highest BCUT2D eigenvalue weighted by Gasteiger charge is 2.34. The van der Waals surface area contributed by atoms with Crippen molar-refractivity contribution in [3.8, 4) is 22.5 Å². The number of allylic oxidation sites excluding steroid dienone is 6. The number of nitrogens with zero attached hydrogens (tertiary/aromatic N) is 2. The molecule has 2 heteroatoms. The fourth-order valence-electron chi connectivity index (χ4n) is 9.04. The van der Waals surface area contributed by atoms with E-state index in [0.717, 1.165) is 6.42 Å². The summed E-state index contributed by atoms with van der Waals surface area (Å²) in [5.41, 5.74) is 14.4. The monoisotopic (exact) mass is 654 g/mol. The van der Waals surface area contributed by atoms with Gasteiger partial charge in [-0.1, -0.05) is 146 Å². The van der Waals surface area contributed by atoms with Crippen molar-refractivity contribution in [1.29, 1.82) is 0 Å². The highest BCUT2D eigenvalue weighted by molar-refractivity contribution is 6.16. The molecule has 0 radical (unpaired) electrons. The molecule has 2 aliphatic rings. The van der Waals surface area contributed by atoms with Gasteiger partial charge in [0.2, 0.25) is 0 Å². The minimum atomic E-state index is 0.176. The first-order valence-electron chi connectivity index (χ1n) is 18.2. The van der Waals surface area contributed by atoms with E-state index in [-0.39, 0.29) is 11.8 Å². The van der Waals surface area contributed by atoms with E-state index in [1.165, 1.54) is 77.6 Å². The summed E-state index contributed by atoms with van der Waals surface area (Å²) >= 11 is 0. The van der Waals surface area contributed by atoms with Gasteiger partial charge in [0.05, 0.1) is 16.6 Å². The molecule has 2 nitrogen and oxygen atoms in total. The molecule has 2 heterocycles. The molecule has 0 fully saturated rings. The zero-order valence-electron chi connectivity index (χ0n) is 28.7. The summed E-state index contributed by atoms with van der Waals surface area (Å²) in [6.45, 7) is 2.39. The zero-order valence-corrected chi connectivity index (χ0v) is 28.7. The molecule has 3 atom stereocenters. The highest BCUT2D eigenvalue weighted by Crippen LogP contribution is 2.51. The Morgan fingerprint density at radius 1 is 0.490 bits per heavy atom. The number of benzene rings is 6. The Labute approximate surface area is 298 Å². The summed E-state index contributed by atoms with van der Waals surface area (Å²) in [4.78, 5) is 0. The van der Waals surface area contributed by atoms with Gasteiger partial charge in [0, 0.05) is 56.5 Å². The standard InChI is InChI=1S/C49H38N2/c1-33-31-32-41(48-43-26-13-15-29-45(43)51(49(33)48)35-19-6-3-7-20-35)39-24-11-9-22-37(39)36-21-8-10-23-38(36)40-27-16-30-46-47(40)42-25-12-14-28-44(42)50(46)34-17-4-2-5-18-34/h2-30,32-33,37,39H,31H2,1H3/t33-,37?,39?/m1/s1. The van der Waals surface area contributed by atoms with E-state index in [1.807, 2.05) is 0 Å². The van der Waals surface area contributed by atoms with Crippen LogP contribution in [-0.2, 0) is 0 Å². The van der Waals surface area contributed by atoms with Crippen LogP contribution in [0.15, 0.2) is 182 Å². The van der Waals surface area contributed by atoms with Gasteiger partial charge in [0.25, 0.3) is 0 Å². The Bertz CT molecular complexity index is 2680. The molecule has 0 bridgehead atoms. The number of hydrogen-bond acceptors (Lipinski definition) is 0. The second-order valence-electron chi connectivity index (χ2n) is 14.0. The maximum Gasteiger partial charge on any atom is 0.0547 e. The smallest absolute Gasteiger partial charge is 0.0547 e. The highest BCUT2D eigenvalue weighted by atomic mass is 15.0. The van der Waals surface area contributed by atoms with Gasteiger partial charge >= 0.3 is 0 Å². The lowest BCUT2D eigenvalue weighted by Crippen LogP contribution is -2.18. The van der Waals surface area contributed by atoms with Crippen molar-refractivity contribution in [2.24, 2.45) is 5.92 Å². The van der Waals surface area contributed by atoms with Crippen LogP contribution in [0.2, 0.25) is 0 Å². The number of hydrogen-bond donors (Lipinski definition) is 0. The maximum absolute atomic E-state index is 2.55. The summed E-state index contributed by atoms with van der Waals surface area (Å²) in [5, 5.41) is 3.91. The third kappa shape index (κ3) is 4.63. The molecule has 244 valence electrons. The van der Waals surface area contributed by atoms with Crippen LogP contribution in [0.4, 0.5) is 0 Å². The molecule has 0 saturated heterocycles.